The zero-order valence-electron chi connectivity index (χ0n) is 6.59. The minimum Gasteiger partial charge on any atom is -0.399 e. The van der Waals surface area contributed by atoms with Crippen molar-refractivity contribution in [3.05, 3.63) is 28.8 Å². The Balaban J connectivity index is 0.000000720. The second kappa shape index (κ2) is 3.55. The quantitative estimate of drug-likeness (QED) is 0.698. The predicted molar refractivity (Wildman–Crippen MR) is 55.1 cm³/mol. The first-order chi connectivity index (χ1) is 5.27. The van der Waals surface area contributed by atoms with Crippen LogP contribution < -0.4 is 5.73 Å². The van der Waals surface area contributed by atoms with Gasteiger partial charge in [-0.1, -0.05) is 11.6 Å². The third-order valence-corrected chi connectivity index (χ3v) is 2.38. The van der Waals surface area contributed by atoms with Gasteiger partial charge >= 0.3 is 0 Å². The highest BCUT2D eigenvalue weighted by molar-refractivity contribution is 6.31. The first-order valence-electron chi connectivity index (χ1n) is 3.82. The molecule has 12 heavy (non-hydrogen) atoms. The number of benzene rings is 1. The number of nitrogen functional groups attached to an aromatic ring is 1. The predicted octanol–water partition coefficient (Wildman–Crippen LogP) is 3.22. The highest BCUT2D eigenvalue weighted by atomic mass is 35.5. The SMILES string of the molecule is Cl.Nc1ccc(Cl)c(C2CC2)c1. The number of hydrogen-bond donors (Lipinski definition) is 1. The van der Waals surface area contributed by atoms with E-state index in [0.29, 0.717) is 5.92 Å². The number of hydrogen-bond acceptors (Lipinski definition) is 1. The van der Waals surface area contributed by atoms with Crippen LogP contribution in [0.3, 0.4) is 0 Å². The van der Waals surface area contributed by atoms with E-state index in [9.17, 15) is 0 Å². The number of rotatable bonds is 1. The largest absolute Gasteiger partial charge is 0.399 e. The van der Waals surface area contributed by atoms with Crippen LogP contribution in [0.2, 0.25) is 5.02 Å². The fraction of sp³-hybridized carbons (Fsp3) is 0.333. The summed E-state index contributed by atoms with van der Waals surface area (Å²) in [5, 5.41) is 0.863. The molecule has 3 heteroatoms. The van der Waals surface area contributed by atoms with Crippen LogP contribution in [0.15, 0.2) is 18.2 Å². The Morgan fingerprint density at radius 3 is 2.58 bits per heavy atom. The topological polar surface area (TPSA) is 26.0 Å². The summed E-state index contributed by atoms with van der Waals surface area (Å²) in [6, 6.07) is 5.71. The lowest BCUT2D eigenvalue weighted by Crippen LogP contribution is -1.87. The Kier molecular flexibility index (Phi) is 2.86. The molecule has 1 aliphatic carbocycles. The minimum atomic E-state index is 0. The van der Waals surface area contributed by atoms with E-state index in [-0.39, 0.29) is 12.4 Å². The van der Waals surface area contributed by atoms with Crippen LogP contribution in [-0.2, 0) is 0 Å². The van der Waals surface area contributed by atoms with Crippen molar-refractivity contribution in [3.63, 3.8) is 0 Å². The van der Waals surface area contributed by atoms with Gasteiger partial charge in [-0.05, 0) is 42.5 Å². The monoisotopic (exact) mass is 203 g/mol. The Morgan fingerprint density at radius 1 is 1.33 bits per heavy atom. The summed E-state index contributed by atoms with van der Waals surface area (Å²) in [7, 11) is 0. The molecule has 1 aliphatic rings. The van der Waals surface area contributed by atoms with E-state index in [1.807, 2.05) is 18.2 Å². The standard InChI is InChI=1S/C9H10ClN.ClH/c10-9-4-3-7(11)5-8(9)6-1-2-6;/h3-6H,1-2,11H2;1H. The van der Waals surface area contributed by atoms with Crippen molar-refractivity contribution in [2.24, 2.45) is 0 Å². The highest BCUT2D eigenvalue weighted by Gasteiger charge is 2.25. The summed E-state index contributed by atoms with van der Waals surface area (Å²) in [5.74, 6) is 0.686. The van der Waals surface area contributed by atoms with Crippen LogP contribution in [0.1, 0.15) is 24.3 Å². The summed E-state index contributed by atoms with van der Waals surface area (Å²) in [5.41, 5.74) is 7.68. The summed E-state index contributed by atoms with van der Waals surface area (Å²) in [6.45, 7) is 0. The highest BCUT2D eigenvalue weighted by Crippen LogP contribution is 2.43. The zero-order chi connectivity index (χ0) is 7.84. The van der Waals surface area contributed by atoms with Crippen molar-refractivity contribution in [2.75, 3.05) is 5.73 Å². The molecule has 0 atom stereocenters. The number of anilines is 1. The average Bonchev–Trinajstić information content (AvgIpc) is 2.76. The molecule has 1 aromatic rings. The van der Waals surface area contributed by atoms with Gasteiger partial charge < -0.3 is 5.73 Å². The molecule has 0 unspecified atom stereocenters. The van der Waals surface area contributed by atoms with E-state index < -0.39 is 0 Å². The average molecular weight is 204 g/mol. The van der Waals surface area contributed by atoms with Gasteiger partial charge in [0.15, 0.2) is 0 Å². The molecular formula is C9H11Cl2N. The number of nitrogens with two attached hydrogens (primary N) is 1. The van der Waals surface area contributed by atoms with Crippen LogP contribution in [0.25, 0.3) is 0 Å². The van der Waals surface area contributed by atoms with E-state index in [1.54, 1.807) is 0 Å². The fourth-order valence-corrected chi connectivity index (χ4v) is 1.54. The first kappa shape index (κ1) is 9.69. The molecule has 0 bridgehead atoms. The van der Waals surface area contributed by atoms with Crippen LogP contribution in [0.5, 0.6) is 0 Å². The Hall–Kier alpha value is -0.400. The van der Waals surface area contributed by atoms with Gasteiger partial charge in [0.05, 0.1) is 0 Å². The van der Waals surface area contributed by atoms with Crippen LogP contribution in [-0.4, -0.2) is 0 Å². The third-order valence-electron chi connectivity index (χ3n) is 2.04. The molecule has 1 nitrogen and oxygen atoms in total. The van der Waals surface area contributed by atoms with E-state index in [4.69, 9.17) is 17.3 Å². The van der Waals surface area contributed by atoms with Crippen molar-refractivity contribution in [1.82, 2.24) is 0 Å². The van der Waals surface area contributed by atoms with Crippen molar-refractivity contribution in [1.29, 1.82) is 0 Å². The Morgan fingerprint density at radius 2 is 2.00 bits per heavy atom. The summed E-state index contributed by atoms with van der Waals surface area (Å²) in [6.07, 6.45) is 2.53. The van der Waals surface area contributed by atoms with Crippen molar-refractivity contribution in [2.45, 2.75) is 18.8 Å². The number of halogens is 2. The maximum atomic E-state index is 5.98. The van der Waals surface area contributed by atoms with Gasteiger partial charge in [-0.2, -0.15) is 0 Å². The van der Waals surface area contributed by atoms with Crippen molar-refractivity contribution in [3.8, 4) is 0 Å². The molecule has 0 heterocycles. The van der Waals surface area contributed by atoms with Crippen molar-refractivity contribution >= 4 is 29.7 Å². The Bertz CT molecular complexity index is 282. The molecule has 0 aliphatic heterocycles. The van der Waals surface area contributed by atoms with Gasteiger partial charge in [-0.3, -0.25) is 0 Å². The summed E-state index contributed by atoms with van der Waals surface area (Å²) in [4.78, 5) is 0. The van der Waals surface area contributed by atoms with Gasteiger partial charge in [0.2, 0.25) is 0 Å². The maximum Gasteiger partial charge on any atom is 0.0442 e. The molecule has 0 amide bonds. The third kappa shape index (κ3) is 1.85. The van der Waals surface area contributed by atoms with Crippen molar-refractivity contribution < 1.29 is 0 Å². The fourth-order valence-electron chi connectivity index (χ4n) is 1.27. The van der Waals surface area contributed by atoms with Gasteiger partial charge in [-0.25, -0.2) is 0 Å². The zero-order valence-corrected chi connectivity index (χ0v) is 8.16. The van der Waals surface area contributed by atoms with Gasteiger partial charge in [0, 0.05) is 10.7 Å². The molecule has 1 saturated carbocycles. The van der Waals surface area contributed by atoms with E-state index in [1.165, 1.54) is 18.4 Å². The van der Waals surface area contributed by atoms with Crippen LogP contribution in [0, 0.1) is 0 Å². The second-order valence-corrected chi connectivity index (χ2v) is 3.46. The van der Waals surface area contributed by atoms with Crippen LogP contribution >= 0.6 is 24.0 Å². The van der Waals surface area contributed by atoms with E-state index >= 15 is 0 Å². The molecule has 0 aromatic heterocycles. The Labute approximate surface area is 83.3 Å². The lowest BCUT2D eigenvalue weighted by atomic mass is 10.1. The summed E-state index contributed by atoms with van der Waals surface area (Å²) >= 11 is 5.98. The molecule has 0 radical (unpaired) electrons. The molecular weight excluding hydrogens is 193 g/mol. The lowest BCUT2D eigenvalue weighted by Gasteiger charge is -2.01. The molecule has 2 rings (SSSR count). The van der Waals surface area contributed by atoms with E-state index in [2.05, 4.69) is 0 Å². The van der Waals surface area contributed by atoms with E-state index in [0.717, 1.165) is 10.7 Å². The van der Waals surface area contributed by atoms with Gasteiger partial charge in [-0.15, -0.1) is 12.4 Å². The lowest BCUT2D eigenvalue weighted by molar-refractivity contribution is 1.13. The van der Waals surface area contributed by atoms with Gasteiger partial charge in [0.25, 0.3) is 0 Å². The second-order valence-electron chi connectivity index (χ2n) is 3.06. The molecule has 0 spiro atoms. The molecule has 0 saturated heterocycles. The molecule has 2 N–H and O–H groups in total. The summed E-state index contributed by atoms with van der Waals surface area (Å²) < 4.78 is 0. The molecule has 1 aromatic carbocycles. The smallest absolute Gasteiger partial charge is 0.0442 e. The van der Waals surface area contributed by atoms with Gasteiger partial charge in [0.1, 0.15) is 0 Å². The van der Waals surface area contributed by atoms with Crippen LogP contribution in [0.4, 0.5) is 5.69 Å². The first-order valence-corrected chi connectivity index (χ1v) is 4.20. The molecule has 66 valence electrons. The molecule has 1 fully saturated rings. The minimum absolute atomic E-state index is 0. The maximum absolute atomic E-state index is 5.98. The normalized spacial score (nSPS) is 15.4.